The van der Waals surface area contributed by atoms with E-state index in [1.807, 2.05) is 0 Å². The van der Waals surface area contributed by atoms with Gasteiger partial charge in [0.2, 0.25) is 5.89 Å². The fourth-order valence-electron chi connectivity index (χ4n) is 2.52. The third-order valence-electron chi connectivity index (χ3n) is 3.98. The van der Waals surface area contributed by atoms with Gasteiger partial charge < -0.3 is 9.15 Å². The molecule has 1 heterocycles. The molecule has 0 aliphatic heterocycles. The maximum Gasteiger partial charge on any atom is 0.416 e. The van der Waals surface area contributed by atoms with Crippen LogP contribution in [0.15, 0.2) is 52.9 Å². The topological polar surface area (TPSA) is 52.3 Å². The summed E-state index contributed by atoms with van der Waals surface area (Å²) in [7, 11) is 0. The Balaban J connectivity index is 1.78. The molecular weight excluding hydrogens is 359 g/mol. The van der Waals surface area contributed by atoms with E-state index in [-0.39, 0.29) is 18.3 Å². The van der Waals surface area contributed by atoms with Gasteiger partial charge in [-0.2, -0.15) is 13.2 Å². The number of aryl methyl sites for hydroxylation is 1. The number of halogens is 3. The summed E-state index contributed by atoms with van der Waals surface area (Å²) in [6.07, 6.45) is -4.39. The van der Waals surface area contributed by atoms with E-state index in [4.69, 9.17) is 9.15 Å². The van der Waals surface area contributed by atoms with Gasteiger partial charge in [0.15, 0.2) is 5.78 Å². The Bertz CT molecular complexity index is 959. The number of nitrogens with zero attached hydrogens (tertiary/aromatic N) is 1. The first kappa shape index (κ1) is 18.7. The van der Waals surface area contributed by atoms with Crippen LogP contribution in [-0.2, 0) is 12.8 Å². The summed E-state index contributed by atoms with van der Waals surface area (Å²) >= 11 is 0. The summed E-state index contributed by atoms with van der Waals surface area (Å²) in [5.41, 5.74) is 0.658. The predicted molar refractivity (Wildman–Crippen MR) is 92.5 cm³/mol. The number of para-hydroxylation sites is 1. The van der Waals surface area contributed by atoms with Crippen molar-refractivity contribution in [2.24, 2.45) is 0 Å². The molecule has 4 nitrogen and oxygen atoms in total. The number of rotatable bonds is 5. The molecule has 0 spiro atoms. The normalized spacial score (nSPS) is 11.4. The fourth-order valence-corrected chi connectivity index (χ4v) is 2.52. The maximum atomic E-state index is 12.7. The van der Waals surface area contributed by atoms with E-state index < -0.39 is 11.7 Å². The van der Waals surface area contributed by atoms with Gasteiger partial charge in [0.25, 0.3) is 0 Å². The van der Waals surface area contributed by atoms with E-state index in [0.717, 1.165) is 12.1 Å². The van der Waals surface area contributed by atoms with Crippen molar-refractivity contribution in [2.75, 3.05) is 0 Å². The molecule has 0 N–H and O–H groups in total. The highest BCUT2D eigenvalue weighted by Gasteiger charge is 2.30. The van der Waals surface area contributed by atoms with Crippen LogP contribution in [0.4, 0.5) is 13.2 Å². The van der Waals surface area contributed by atoms with Gasteiger partial charge in [-0.15, -0.1) is 0 Å². The Hall–Kier alpha value is -3.09. The van der Waals surface area contributed by atoms with Gasteiger partial charge in [-0.25, -0.2) is 4.98 Å². The zero-order valence-corrected chi connectivity index (χ0v) is 14.6. The molecule has 3 aromatic rings. The van der Waals surface area contributed by atoms with Crippen LogP contribution in [0.2, 0.25) is 0 Å². The largest absolute Gasteiger partial charge is 0.486 e. The first-order valence-corrected chi connectivity index (χ1v) is 8.12. The molecule has 0 aliphatic carbocycles. The summed E-state index contributed by atoms with van der Waals surface area (Å²) in [5.74, 6) is 1.02. The number of benzene rings is 2. The summed E-state index contributed by atoms with van der Waals surface area (Å²) in [5, 5.41) is 0. The Morgan fingerprint density at radius 1 is 1.11 bits per heavy atom. The summed E-state index contributed by atoms with van der Waals surface area (Å²) in [6.45, 7) is 3.21. The van der Waals surface area contributed by atoms with Crippen LogP contribution < -0.4 is 4.74 Å². The first-order valence-electron chi connectivity index (χ1n) is 8.12. The molecule has 27 heavy (non-hydrogen) atoms. The molecule has 0 unspecified atom stereocenters. The number of carbonyl (C=O) groups excluding carboxylic acids is 1. The fraction of sp³-hybridized carbons (Fsp3) is 0.200. The van der Waals surface area contributed by atoms with Gasteiger partial charge in [-0.1, -0.05) is 12.1 Å². The van der Waals surface area contributed by atoms with Crippen LogP contribution in [0.5, 0.6) is 5.75 Å². The summed E-state index contributed by atoms with van der Waals surface area (Å²) in [6, 6.07) is 11.4. The minimum Gasteiger partial charge on any atom is -0.486 e. The van der Waals surface area contributed by atoms with Gasteiger partial charge in [0, 0.05) is 5.56 Å². The van der Waals surface area contributed by atoms with E-state index in [0.29, 0.717) is 28.3 Å². The molecular formula is C20H16F3NO3. The molecule has 1 aromatic heterocycles. The van der Waals surface area contributed by atoms with Crippen molar-refractivity contribution in [3.8, 4) is 17.2 Å². The van der Waals surface area contributed by atoms with Gasteiger partial charge in [0.05, 0.1) is 11.1 Å². The highest BCUT2D eigenvalue weighted by molar-refractivity contribution is 5.96. The molecule has 0 atom stereocenters. The van der Waals surface area contributed by atoms with E-state index >= 15 is 0 Å². The van der Waals surface area contributed by atoms with Crippen molar-refractivity contribution in [3.05, 3.63) is 71.1 Å². The molecule has 3 rings (SSSR count). The average Bonchev–Trinajstić information content (AvgIpc) is 3.00. The number of ketones is 1. The molecule has 7 heteroatoms. The average molecular weight is 375 g/mol. The zero-order chi connectivity index (χ0) is 19.6. The van der Waals surface area contributed by atoms with E-state index in [9.17, 15) is 18.0 Å². The second-order valence-corrected chi connectivity index (χ2v) is 5.94. The Morgan fingerprint density at radius 2 is 1.78 bits per heavy atom. The van der Waals surface area contributed by atoms with Crippen LogP contribution in [0.1, 0.15) is 34.3 Å². The number of hydrogen-bond acceptors (Lipinski definition) is 4. The van der Waals surface area contributed by atoms with E-state index in [2.05, 4.69) is 4.98 Å². The third kappa shape index (κ3) is 4.19. The molecule has 0 aliphatic rings. The smallest absolute Gasteiger partial charge is 0.416 e. The predicted octanol–water partition coefficient (Wildman–Crippen LogP) is 5.45. The standard InChI is InChI=1S/C20H16F3NO3/c1-12(25)16-5-3-4-6-18(16)26-11-17-13(2)27-19(24-17)14-7-9-15(10-8-14)20(21,22)23/h3-10H,11H2,1-2H3. The van der Waals surface area contributed by atoms with E-state index in [1.165, 1.54) is 19.1 Å². The van der Waals surface area contributed by atoms with Gasteiger partial charge in [-0.05, 0) is 50.2 Å². The second kappa shape index (κ2) is 7.26. The van der Waals surface area contributed by atoms with Crippen molar-refractivity contribution in [1.82, 2.24) is 4.98 Å². The molecule has 0 radical (unpaired) electrons. The number of ether oxygens (including phenoxy) is 1. The Kier molecular flexibility index (Phi) is 5.03. The second-order valence-electron chi connectivity index (χ2n) is 5.94. The monoisotopic (exact) mass is 375 g/mol. The van der Waals surface area contributed by atoms with Crippen molar-refractivity contribution >= 4 is 5.78 Å². The SMILES string of the molecule is CC(=O)c1ccccc1OCc1nc(-c2ccc(C(F)(F)F)cc2)oc1C. The first-order chi connectivity index (χ1) is 12.8. The lowest BCUT2D eigenvalue weighted by atomic mass is 10.1. The van der Waals surface area contributed by atoms with Crippen LogP contribution >= 0.6 is 0 Å². The van der Waals surface area contributed by atoms with Crippen molar-refractivity contribution < 1.29 is 27.1 Å². The molecule has 2 aromatic carbocycles. The highest BCUT2D eigenvalue weighted by atomic mass is 19.4. The summed E-state index contributed by atoms with van der Waals surface area (Å²) < 4.78 is 49.2. The number of alkyl halides is 3. The number of Topliss-reactive ketones (excluding diaryl/α,β-unsaturated/α-hetero) is 1. The molecule has 0 bridgehead atoms. The van der Waals surface area contributed by atoms with Crippen LogP contribution in [-0.4, -0.2) is 10.8 Å². The van der Waals surface area contributed by atoms with Crippen molar-refractivity contribution in [1.29, 1.82) is 0 Å². The number of hydrogen-bond donors (Lipinski definition) is 0. The quantitative estimate of drug-likeness (QED) is 0.557. The van der Waals surface area contributed by atoms with Crippen LogP contribution in [0.3, 0.4) is 0 Å². The van der Waals surface area contributed by atoms with Gasteiger partial charge in [0.1, 0.15) is 23.8 Å². The number of carbonyl (C=O) groups is 1. The molecule has 0 saturated carbocycles. The Labute approximate surface area is 153 Å². The van der Waals surface area contributed by atoms with Crippen LogP contribution in [0, 0.1) is 6.92 Å². The van der Waals surface area contributed by atoms with Gasteiger partial charge in [-0.3, -0.25) is 4.79 Å². The Morgan fingerprint density at radius 3 is 2.41 bits per heavy atom. The highest BCUT2D eigenvalue weighted by Crippen LogP contribution is 2.31. The lowest BCUT2D eigenvalue weighted by Gasteiger charge is -2.08. The lowest BCUT2D eigenvalue weighted by Crippen LogP contribution is -2.04. The van der Waals surface area contributed by atoms with Crippen molar-refractivity contribution in [2.45, 2.75) is 26.6 Å². The van der Waals surface area contributed by atoms with Gasteiger partial charge >= 0.3 is 6.18 Å². The minimum atomic E-state index is -4.39. The summed E-state index contributed by atoms with van der Waals surface area (Å²) in [4.78, 5) is 15.9. The van der Waals surface area contributed by atoms with Crippen LogP contribution in [0.25, 0.3) is 11.5 Å². The maximum absolute atomic E-state index is 12.7. The molecule has 140 valence electrons. The number of aromatic nitrogens is 1. The molecule has 0 saturated heterocycles. The lowest BCUT2D eigenvalue weighted by molar-refractivity contribution is -0.137. The zero-order valence-electron chi connectivity index (χ0n) is 14.6. The van der Waals surface area contributed by atoms with E-state index in [1.54, 1.807) is 31.2 Å². The van der Waals surface area contributed by atoms with Crippen molar-refractivity contribution in [3.63, 3.8) is 0 Å². The molecule has 0 amide bonds. The number of oxazole rings is 1. The third-order valence-corrected chi connectivity index (χ3v) is 3.98. The molecule has 0 fully saturated rings. The minimum absolute atomic E-state index is 0.0697.